The third-order valence-electron chi connectivity index (χ3n) is 4.78. The molecule has 8 nitrogen and oxygen atoms in total. The Morgan fingerprint density at radius 2 is 1.93 bits per heavy atom. The lowest BCUT2D eigenvalue weighted by Crippen LogP contribution is -2.35. The number of hydrogen-bond donors (Lipinski definition) is 1. The van der Waals surface area contributed by atoms with Gasteiger partial charge in [0.05, 0.1) is 18.0 Å². The van der Waals surface area contributed by atoms with Gasteiger partial charge in [0.1, 0.15) is 0 Å². The molecule has 2 aliphatic rings. The molecule has 2 aromatic rings. The summed E-state index contributed by atoms with van der Waals surface area (Å²) in [6.07, 6.45) is 0. The molecule has 0 fully saturated rings. The fourth-order valence-corrected chi connectivity index (χ4v) is 5.50. The molecule has 4 rings (SSSR count). The largest absolute Gasteiger partial charge is 0.332 e. The van der Waals surface area contributed by atoms with Crippen molar-refractivity contribution in [3.8, 4) is 0 Å². The van der Waals surface area contributed by atoms with Gasteiger partial charge in [0.15, 0.2) is 5.17 Å². The van der Waals surface area contributed by atoms with Crippen molar-refractivity contribution in [3.63, 3.8) is 0 Å². The summed E-state index contributed by atoms with van der Waals surface area (Å²) in [6.45, 7) is 2.21. The molecule has 0 saturated heterocycles. The molecule has 0 radical (unpaired) electrons. The quantitative estimate of drug-likeness (QED) is 0.777. The molecule has 0 unspecified atom stereocenters. The number of carbonyl (C=O) groups is 2. The molecule has 0 bridgehead atoms. The maximum Gasteiger partial charge on any atom is 0.257 e. The normalized spacial score (nSPS) is 16.3. The highest BCUT2D eigenvalue weighted by Crippen LogP contribution is 2.42. The van der Waals surface area contributed by atoms with Gasteiger partial charge < -0.3 is 15.1 Å². The van der Waals surface area contributed by atoms with Crippen LogP contribution in [0.4, 0.5) is 11.4 Å². The van der Waals surface area contributed by atoms with E-state index in [9.17, 15) is 18.0 Å². The van der Waals surface area contributed by atoms with Crippen molar-refractivity contribution in [1.29, 1.82) is 0 Å². The average Bonchev–Trinajstić information content (AvgIpc) is 3.04. The second-order valence-corrected chi connectivity index (χ2v) is 9.94. The van der Waals surface area contributed by atoms with Crippen LogP contribution in [-0.4, -0.2) is 56.2 Å². The Hall–Kier alpha value is -2.85. The summed E-state index contributed by atoms with van der Waals surface area (Å²) in [6, 6.07) is 12.6. The van der Waals surface area contributed by atoms with Crippen molar-refractivity contribution >= 4 is 50.1 Å². The van der Waals surface area contributed by atoms with Gasteiger partial charge in [0.2, 0.25) is 5.91 Å². The Morgan fingerprint density at radius 3 is 2.67 bits per heavy atom. The molecule has 156 valence electrons. The minimum absolute atomic E-state index is 0.0317. The van der Waals surface area contributed by atoms with Crippen LogP contribution < -0.4 is 10.2 Å². The number of thioether (sulfide) groups is 1. The number of nitrogens with one attached hydrogen (secondary N) is 1. The lowest BCUT2D eigenvalue weighted by molar-refractivity contribution is -0.116. The van der Waals surface area contributed by atoms with Crippen molar-refractivity contribution in [1.82, 2.24) is 4.90 Å². The number of aryl methyl sites for hydroxylation is 1. The maximum absolute atomic E-state index is 12.8. The summed E-state index contributed by atoms with van der Waals surface area (Å²) in [7, 11) is -1.86. The van der Waals surface area contributed by atoms with Crippen molar-refractivity contribution in [2.24, 2.45) is 4.40 Å². The second kappa shape index (κ2) is 7.77. The van der Waals surface area contributed by atoms with Gasteiger partial charge >= 0.3 is 0 Å². The van der Waals surface area contributed by atoms with Crippen LogP contribution in [0, 0.1) is 6.92 Å². The molecule has 0 atom stereocenters. The summed E-state index contributed by atoms with van der Waals surface area (Å²) in [5, 5.41) is 3.18. The highest BCUT2D eigenvalue weighted by atomic mass is 32.2. The lowest BCUT2D eigenvalue weighted by Gasteiger charge is -2.22. The zero-order valence-corrected chi connectivity index (χ0v) is 18.1. The standard InChI is InChI=1S/C20H20N4O4S2/c1-13-3-6-15(7-4-13)21-18(25)12-23(2)19(26)14-5-8-16-17(11-14)29-20-22-30(27,28)10-9-24(16)20/h3-8,11H,9-10,12H2,1-2H3,(H,21,25). The van der Waals surface area contributed by atoms with Gasteiger partial charge in [0.25, 0.3) is 15.9 Å². The molecule has 10 heteroatoms. The zero-order chi connectivity index (χ0) is 21.5. The molecular weight excluding hydrogens is 424 g/mol. The van der Waals surface area contributed by atoms with Crippen LogP contribution >= 0.6 is 11.8 Å². The fraction of sp³-hybridized carbons (Fsp3) is 0.250. The summed E-state index contributed by atoms with van der Waals surface area (Å²) < 4.78 is 27.3. The highest BCUT2D eigenvalue weighted by molar-refractivity contribution is 8.15. The van der Waals surface area contributed by atoms with E-state index >= 15 is 0 Å². The summed E-state index contributed by atoms with van der Waals surface area (Å²) in [4.78, 5) is 29.0. The Balaban J connectivity index is 1.44. The first-order chi connectivity index (χ1) is 14.2. The Labute approximate surface area is 179 Å². The number of benzene rings is 2. The van der Waals surface area contributed by atoms with E-state index in [2.05, 4.69) is 9.71 Å². The lowest BCUT2D eigenvalue weighted by atomic mass is 10.1. The molecule has 0 aliphatic carbocycles. The number of amides is 2. The molecule has 0 saturated carbocycles. The predicted octanol–water partition coefficient (Wildman–Crippen LogP) is 2.32. The highest BCUT2D eigenvalue weighted by Gasteiger charge is 2.33. The number of sulfonamides is 1. The van der Waals surface area contributed by atoms with E-state index in [4.69, 9.17) is 0 Å². The van der Waals surface area contributed by atoms with Crippen molar-refractivity contribution < 1.29 is 18.0 Å². The molecule has 30 heavy (non-hydrogen) atoms. The van der Waals surface area contributed by atoms with Gasteiger partial charge in [-0.3, -0.25) is 9.59 Å². The number of likely N-dealkylation sites (N-methyl/N-ethyl adjacent to an activating group) is 1. The van der Waals surface area contributed by atoms with E-state index in [-0.39, 0.29) is 24.1 Å². The fourth-order valence-electron chi connectivity index (χ4n) is 3.21. The van der Waals surface area contributed by atoms with Crippen LogP contribution in [-0.2, 0) is 14.8 Å². The number of carbonyl (C=O) groups excluding carboxylic acids is 2. The number of hydrogen-bond acceptors (Lipinski definition) is 6. The minimum Gasteiger partial charge on any atom is -0.332 e. The van der Waals surface area contributed by atoms with E-state index in [1.165, 1.54) is 16.7 Å². The maximum atomic E-state index is 12.8. The van der Waals surface area contributed by atoms with Gasteiger partial charge in [-0.05, 0) is 49.0 Å². The second-order valence-electron chi connectivity index (χ2n) is 7.17. The third kappa shape index (κ3) is 4.19. The third-order valence-corrected chi connectivity index (χ3v) is 7.09. The SMILES string of the molecule is Cc1ccc(NC(=O)CN(C)C(=O)c2ccc3c(c2)SC2=NS(=O)(=O)CCN23)cc1. The molecule has 2 aliphatic heterocycles. The van der Waals surface area contributed by atoms with Crippen LogP contribution in [0.3, 0.4) is 0 Å². The van der Waals surface area contributed by atoms with Gasteiger partial charge in [-0.25, -0.2) is 8.42 Å². The van der Waals surface area contributed by atoms with Crippen LogP contribution in [0.1, 0.15) is 15.9 Å². The number of nitrogens with zero attached hydrogens (tertiary/aromatic N) is 3. The molecule has 1 N–H and O–H groups in total. The molecule has 2 amide bonds. The van der Waals surface area contributed by atoms with Gasteiger partial charge in [-0.1, -0.05) is 17.7 Å². The van der Waals surface area contributed by atoms with Crippen LogP contribution in [0.25, 0.3) is 0 Å². The number of anilines is 2. The van der Waals surface area contributed by atoms with Gasteiger partial charge in [0, 0.05) is 29.7 Å². The molecule has 2 heterocycles. The zero-order valence-electron chi connectivity index (χ0n) is 16.5. The van der Waals surface area contributed by atoms with E-state index in [1.54, 1.807) is 25.2 Å². The summed E-state index contributed by atoms with van der Waals surface area (Å²) in [5.41, 5.74) is 3.03. The minimum atomic E-state index is -3.43. The smallest absolute Gasteiger partial charge is 0.257 e. The number of fused-ring (bicyclic) bond motifs is 3. The Bertz CT molecular complexity index is 1160. The van der Waals surface area contributed by atoms with Crippen molar-refractivity contribution in [2.45, 2.75) is 11.8 Å². The topological polar surface area (TPSA) is 99.1 Å². The predicted molar refractivity (Wildman–Crippen MR) is 118 cm³/mol. The van der Waals surface area contributed by atoms with Crippen molar-refractivity contribution in [2.75, 3.05) is 36.1 Å². The summed E-state index contributed by atoms with van der Waals surface area (Å²) >= 11 is 1.23. The summed E-state index contributed by atoms with van der Waals surface area (Å²) in [5.74, 6) is -0.616. The monoisotopic (exact) mass is 444 g/mol. The first-order valence-electron chi connectivity index (χ1n) is 9.26. The number of amidine groups is 1. The van der Waals surface area contributed by atoms with Crippen LogP contribution in [0.5, 0.6) is 0 Å². The van der Waals surface area contributed by atoms with Crippen LogP contribution in [0.15, 0.2) is 51.8 Å². The van der Waals surface area contributed by atoms with Gasteiger partial charge in [-0.15, -0.1) is 4.40 Å². The Morgan fingerprint density at radius 1 is 1.20 bits per heavy atom. The molecule has 2 aromatic carbocycles. The first kappa shape index (κ1) is 20.4. The van der Waals surface area contributed by atoms with Gasteiger partial charge in [-0.2, -0.15) is 0 Å². The molecule has 0 aromatic heterocycles. The average molecular weight is 445 g/mol. The van der Waals surface area contributed by atoms with E-state index in [0.29, 0.717) is 23.0 Å². The number of rotatable bonds is 4. The van der Waals surface area contributed by atoms with E-state index in [0.717, 1.165) is 16.1 Å². The first-order valence-corrected chi connectivity index (χ1v) is 11.7. The van der Waals surface area contributed by atoms with Crippen molar-refractivity contribution in [3.05, 3.63) is 53.6 Å². The molecular formula is C20H20N4O4S2. The molecule has 0 spiro atoms. The van der Waals surface area contributed by atoms with Crippen LogP contribution in [0.2, 0.25) is 0 Å². The van der Waals surface area contributed by atoms with E-state index < -0.39 is 10.0 Å². The Kier molecular flexibility index (Phi) is 5.29. The van der Waals surface area contributed by atoms with E-state index in [1.807, 2.05) is 36.1 Å².